The zero-order valence-electron chi connectivity index (χ0n) is 14.3. The van der Waals surface area contributed by atoms with Crippen molar-refractivity contribution < 1.29 is 18.7 Å². The Morgan fingerprint density at radius 1 is 1.17 bits per heavy atom. The molecule has 0 aliphatic rings. The minimum Gasteiger partial charge on any atom is -0.490 e. The number of ether oxygens (including phenoxy) is 2. The van der Waals surface area contributed by atoms with Crippen LogP contribution >= 0.6 is 0 Å². The van der Waals surface area contributed by atoms with Gasteiger partial charge in [-0.1, -0.05) is 12.1 Å². The van der Waals surface area contributed by atoms with Crippen molar-refractivity contribution in [3.63, 3.8) is 0 Å². The Bertz CT molecular complexity index is 626. The molecule has 1 aromatic heterocycles. The molecule has 0 spiro atoms. The molecule has 1 heterocycles. The molecule has 24 heavy (non-hydrogen) atoms. The highest BCUT2D eigenvalue weighted by Crippen LogP contribution is 2.26. The molecule has 2 rings (SSSR count). The van der Waals surface area contributed by atoms with Gasteiger partial charge in [0.05, 0.1) is 18.9 Å². The van der Waals surface area contributed by atoms with Crippen molar-refractivity contribution in [1.82, 2.24) is 10.2 Å². The first-order chi connectivity index (χ1) is 11.6. The van der Waals surface area contributed by atoms with Gasteiger partial charge in [0.15, 0.2) is 18.1 Å². The number of hydrogen-bond donors (Lipinski definition) is 1. The van der Waals surface area contributed by atoms with Crippen molar-refractivity contribution in [2.24, 2.45) is 0 Å². The maximum atomic E-state index is 12.1. The number of likely N-dealkylation sites (N-methyl/N-ethyl adjacent to an activating group) is 1. The Hall–Kier alpha value is -2.47. The molecule has 1 aromatic carbocycles. The fourth-order valence-electron chi connectivity index (χ4n) is 2.27. The van der Waals surface area contributed by atoms with E-state index in [9.17, 15) is 4.79 Å². The van der Waals surface area contributed by atoms with Crippen LogP contribution in [0.2, 0.25) is 0 Å². The lowest BCUT2D eigenvalue weighted by Crippen LogP contribution is -2.36. The number of amides is 1. The number of nitrogens with one attached hydrogen (secondary N) is 1. The van der Waals surface area contributed by atoms with Gasteiger partial charge in [-0.05, 0) is 45.3 Å². The van der Waals surface area contributed by atoms with E-state index in [1.165, 1.54) is 0 Å². The van der Waals surface area contributed by atoms with Crippen molar-refractivity contribution in [1.29, 1.82) is 0 Å². The molecule has 2 aromatic rings. The van der Waals surface area contributed by atoms with Crippen LogP contribution < -0.4 is 14.8 Å². The quantitative estimate of drug-likeness (QED) is 0.764. The zero-order valence-corrected chi connectivity index (χ0v) is 14.3. The van der Waals surface area contributed by atoms with Crippen molar-refractivity contribution in [2.45, 2.75) is 13.0 Å². The van der Waals surface area contributed by atoms with Gasteiger partial charge in [-0.25, -0.2) is 0 Å². The summed E-state index contributed by atoms with van der Waals surface area (Å²) in [6.45, 7) is 2.82. The fourth-order valence-corrected chi connectivity index (χ4v) is 2.27. The Balaban J connectivity index is 1.85. The summed E-state index contributed by atoms with van der Waals surface area (Å²) in [6.07, 6.45) is 1.63. The maximum absolute atomic E-state index is 12.1. The SMILES string of the molecule is CCOc1ccccc1OCC(=O)NCC(c1ccco1)N(C)C. The van der Waals surface area contributed by atoms with Crippen LogP contribution in [0.5, 0.6) is 11.5 Å². The van der Waals surface area contributed by atoms with Crippen LogP contribution in [-0.4, -0.2) is 44.7 Å². The maximum Gasteiger partial charge on any atom is 0.258 e. The molecule has 1 unspecified atom stereocenters. The Labute approximate surface area is 142 Å². The summed E-state index contributed by atoms with van der Waals surface area (Å²) in [4.78, 5) is 14.0. The van der Waals surface area contributed by atoms with Crippen molar-refractivity contribution in [3.8, 4) is 11.5 Å². The average molecular weight is 332 g/mol. The molecule has 0 aliphatic heterocycles. The van der Waals surface area contributed by atoms with E-state index >= 15 is 0 Å². The zero-order chi connectivity index (χ0) is 17.4. The van der Waals surface area contributed by atoms with E-state index in [1.54, 1.807) is 12.3 Å². The van der Waals surface area contributed by atoms with Crippen LogP contribution in [0.1, 0.15) is 18.7 Å². The van der Waals surface area contributed by atoms with E-state index in [2.05, 4.69) is 5.32 Å². The number of benzene rings is 1. The summed E-state index contributed by atoms with van der Waals surface area (Å²) < 4.78 is 16.5. The largest absolute Gasteiger partial charge is 0.490 e. The molecule has 0 aliphatic carbocycles. The number of hydrogen-bond acceptors (Lipinski definition) is 5. The van der Waals surface area contributed by atoms with Crippen LogP contribution in [-0.2, 0) is 4.79 Å². The van der Waals surface area contributed by atoms with Gasteiger partial charge >= 0.3 is 0 Å². The number of furan rings is 1. The average Bonchev–Trinajstić information content (AvgIpc) is 3.08. The Morgan fingerprint density at radius 3 is 2.46 bits per heavy atom. The van der Waals surface area contributed by atoms with Crippen LogP contribution in [0.3, 0.4) is 0 Å². The second kappa shape index (κ2) is 8.98. The van der Waals surface area contributed by atoms with Crippen LogP contribution in [0.4, 0.5) is 0 Å². The smallest absolute Gasteiger partial charge is 0.258 e. The van der Waals surface area contributed by atoms with Gasteiger partial charge in [0, 0.05) is 6.54 Å². The van der Waals surface area contributed by atoms with Gasteiger partial charge in [0.1, 0.15) is 5.76 Å². The molecule has 0 saturated carbocycles. The van der Waals surface area contributed by atoms with E-state index in [4.69, 9.17) is 13.9 Å². The molecule has 130 valence electrons. The first-order valence-corrected chi connectivity index (χ1v) is 7.93. The Morgan fingerprint density at radius 2 is 1.88 bits per heavy atom. The summed E-state index contributed by atoms with van der Waals surface area (Å²) in [5, 5.41) is 2.87. The summed E-state index contributed by atoms with van der Waals surface area (Å²) >= 11 is 0. The van der Waals surface area contributed by atoms with E-state index < -0.39 is 0 Å². The lowest BCUT2D eigenvalue weighted by Gasteiger charge is -2.22. The molecular formula is C18H24N2O4. The molecule has 0 fully saturated rings. The normalized spacial score (nSPS) is 12.0. The van der Waals surface area contributed by atoms with Crippen LogP contribution in [0, 0.1) is 0 Å². The minimum absolute atomic E-state index is 0.0281. The summed E-state index contributed by atoms with van der Waals surface area (Å²) in [7, 11) is 3.88. The topological polar surface area (TPSA) is 63.9 Å². The van der Waals surface area contributed by atoms with Crippen molar-refractivity contribution in [2.75, 3.05) is 33.9 Å². The van der Waals surface area contributed by atoms with Crippen molar-refractivity contribution in [3.05, 3.63) is 48.4 Å². The van der Waals surface area contributed by atoms with Crippen molar-refractivity contribution >= 4 is 5.91 Å². The first-order valence-electron chi connectivity index (χ1n) is 7.93. The third-order valence-electron chi connectivity index (χ3n) is 3.50. The first kappa shape index (κ1) is 17.9. The number of nitrogens with zero attached hydrogens (tertiary/aromatic N) is 1. The lowest BCUT2D eigenvalue weighted by molar-refractivity contribution is -0.123. The number of para-hydroxylation sites is 2. The highest BCUT2D eigenvalue weighted by molar-refractivity contribution is 5.77. The highest BCUT2D eigenvalue weighted by Gasteiger charge is 2.18. The fraction of sp³-hybridized carbons (Fsp3) is 0.389. The molecule has 6 nitrogen and oxygen atoms in total. The third kappa shape index (κ3) is 5.03. The molecule has 1 amide bonds. The highest BCUT2D eigenvalue weighted by atomic mass is 16.5. The molecule has 0 bridgehead atoms. The molecule has 1 atom stereocenters. The number of rotatable bonds is 9. The number of carbonyl (C=O) groups excluding carboxylic acids is 1. The summed E-state index contributed by atoms with van der Waals surface area (Å²) in [5.74, 6) is 1.81. The molecule has 1 N–H and O–H groups in total. The minimum atomic E-state index is -0.195. The molecule has 6 heteroatoms. The Kier molecular flexibility index (Phi) is 6.69. The monoisotopic (exact) mass is 332 g/mol. The van der Waals surface area contributed by atoms with Gasteiger partial charge in [0.25, 0.3) is 5.91 Å². The van der Waals surface area contributed by atoms with Crippen LogP contribution in [0.15, 0.2) is 47.1 Å². The molecular weight excluding hydrogens is 308 g/mol. The third-order valence-corrected chi connectivity index (χ3v) is 3.50. The van der Waals surface area contributed by atoms with Gasteiger partial charge in [-0.3, -0.25) is 9.69 Å². The van der Waals surface area contributed by atoms with E-state index in [-0.39, 0.29) is 18.6 Å². The molecule has 0 radical (unpaired) electrons. The van der Waals surface area contributed by atoms with E-state index in [0.29, 0.717) is 24.7 Å². The summed E-state index contributed by atoms with van der Waals surface area (Å²) in [5.41, 5.74) is 0. The second-order valence-corrected chi connectivity index (χ2v) is 5.47. The predicted molar refractivity (Wildman–Crippen MR) is 91.3 cm³/mol. The van der Waals surface area contributed by atoms with Gasteiger partial charge in [-0.15, -0.1) is 0 Å². The van der Waals surface area contributed by atoms with Gasteiger partial charge in [0.2, 0.25) is 0 Å². The molecule has 0 saturated heterocycles. The van der Waals surface area contributed by atoms with E-state index in [0.717, 1.165) is 5.76 Å². The lowest BCUT2D eigenvalue weighted by atomic mass is 10.2. The predicted octanol–water partition coefficient (Wildman–Crippen LogP) is 2.48. The van der Waals surface area contributed by atoms with Gasteiger partial charge < -0.3 is 19.2 Å². The van der Waals surface area contributed by atoms with Crippen LogP contribution in [0.25, 0.3) is 0 Å². The standard InChI is InChI=1S/C18H24N2O4/c1-4-22-16-8-5-6-9-17(16)24-13-18(21)19-12-14(20(2)3)15-10-7-11-23-15/h5-11,14H,4,12-13H2,1-3H3,(H,19,21). The van der Waals surface area contributed by atoms with Gasteiger partial charge in [-0.2, -0.15) is 0 Å². The number of carbonyl (C=O) groups is 1. The second-order valence-electron chi connectivity index (χ2n) is 5.47. The summed E-state index contributed by atoms with van der Waals surface area (Å²) in [6, 6.07) is 11.0. The van der Waals surface area contributed by atoms with E-state index in [1.807, 2.05) is 56.3 Å².